The Labute approximate surface area is 138 Å². The third kappa shape index (κ3) is 4.87. The smallest absolute Gasteiger partial charge is 0.355 e. The van der Waals surface area contributed by atoms with Crippen molar-refractivity contribution in [1.82, 2.24) is 9.88 Å². The molecule has 7 heteroatoms. The monoisotopic (exact) mass is 333 g/mol. The Morgan fingerprint density at radius 2 is 1.96 bits per heavy atom. The van der Waals surface area contributed by atoms with E-state index in [9.17, 15) is 14.7 Å². The first-order valence-electron chi connectivity index (χ1n) is 7.25. The molecule has 0 saturated heterocycles. The highest BCUT2D eigenvalue weighted by Gasteiger charge is 2.19. The number of hydrogen-bond acceptors (Lipinski definition) is 5. The van der Waals surface area contributed by atoms with Crippen LogP contribution in [0, 0.1) is 0 Å². The number of carbonyl (C=O) groups excluding carboxylic acids is 1. The van der Waals surface area contributed by atoms with Crippen molar-refractivity contribution in [3.63, 3.8) is 0 Å². The van der Waals surface area contributed by atoms with Crippen LogP contribution in [0.3, 0.4) is 0 Å². The van der Waals surface area contributed by atoms with Crippen molar-refractivity contribution < 1.29 is 14.7 Å². The van der Waals surface area contributed by atoms with Crippen LogP contribution in [-0.2, 0) is 17.9 Å². The molecule has 0 saturated carbocycles. The summed E-state index contributed by atoms with van der Waals surface area (Å²) >= 11 is 1.20. The molecular weight excluding hydrogens is 314 g/mol. The molecule has 6 nitrogen and oxygen atoms in total. The number of carbonyl (C=O) groups is 2. The summed E-state index contributed by atoms with van der Waals surface area (Å²) in [5, 5.41) is 12.2. The first-order valence-corrected chi connectivity index (χ1v) is 8.06. The summed E-state index contributed by atoms with van der Waals surface area (Å²) in [7, 11) is 1.92. The van der Waals surface area contributed by atoms with E-state index in [-0.39, 0.29) is 11.6 Å². The number of anilines is 1. The van der Waals surface area contributed by atoms with E-state index in [4.69, 9.17) is 0 Å². The number of nitrogens with zero attached hydrogens (tertiary/aromatic N) is 2. The molecule has 0 spiro atoms. The molecule has 23 heavy (non-hydrogen) atoms. The van der Waals surface area contributed by atoms with Crippen molar-refractivity contribution in [2.24, 2.45) is 0 Å². The average Bonchev–Trinajstić information content (AvgIpc) is 2.90. The second-order valence-electron chi connectivity index (χ2n) is 5.16. The standard InChI is InChI=1S/C16H19N3O3S/c1-3-13(20)17-16-18-14(15(21)22)12(23-16)10-19(2)9-11-7-5-4-6-8-11/h4-8H,3,9-10H2,1-2H3,(H,21,22)(H,17,18,20). The largest absolute Gasteiger partial charge is 0.476 e. The molecule has 2 N–H and O–H groups in total. The third-order valence-corrected chi connectivity index (χ3v) is 4.13. The SMILES string of the molecule is CCC(=O)Nc1nc(C(=O)O)c(CN(C)Cc2ccccc2)s1. The van der Waals surface area contributed by atoms with Crippen LogP contribution in [0.5, 0.6) is 0 Å². The normalized spacial score (nSPS) is 10.7. The van der Waals surface area contributed by atoms with E-state index in [1.54, 1.807) is 6.92 Å². The van der Waals surface area contributed by atoms with Crippen molar-refractivity contribution in [2.45, 2.75) is 26.4 Å². The number of benzene rings is 1. The van der Waals surface area contributed by atoms with E-state index in [2.05, 4.69) is 10.3 Å². The number of aromatic carboxylic acids is 1. The third-order valence-electron chi connectivity index (χ3n) is 3.18. The highest BCUT2D eigenvalue weighted by molar-refractivity contribution is 7.16. The summed E-state index contributed by atoms with van der Waals surface area (Å²) in [5.41, 5.74) is 1.15. The van der Waals surface area contributed by atoms with Crippen molar-refractivity contribution in [3.05, 3.63) is 46.5 Å². The van der Waals surface area contributed by atoms with Crippen LogP contribution in [0.15, 0.2) is 30.3 Å². The van der Waals surface area contributed by atoms with Crippen LogP contribution in [0.25, 0.3) is 0 Å². The number of nitrogens with one attached hydrogen (secondary N) is 1. The van der Waals surface area contributed by atoms with Gasteiger partial charge in [0.1, 0.15) is 0 Å². The number of carboxylic acids is 1. The molecule has 1 aromatic heterocycles. The maximum atomic E-state index is 11.4. The first kappa shape index (κ1) is 17.1. The molecule has 0 radical (unpaired) electrons. The van der Waals surface area contributed by atoms with Gasteiger partial charge >= 0.3 is 5.97 Å². The van der Waals surface area contributed by atoms with Crippen LogP contribution in [0.1, 0.15) is 34.3 Å². The summed E-state index contributed by atoms with van der Waals surface area (Å²) < 4.78 is 0. The summed E-state index contributed by atoms with van der Waals surface area (Å²) in [6.07, 6.45) is 0.325. The number of hydrogen-bond donors (Lipinski definition) is 2. The molecule has 0 atom stereocenters. The van der Waals surface area contributed by atoms with E-state index in [0.717, 1.165) is 5.56 Å². The molecule has 1 heterocycles. The summed E-state index contributed by atoms with van der Waals surface area (Å²) in [6.45, 7) is 2.89. The highest BCUT2D eigenvalue weighted by atomic mass is 32.1. The lowest BCUT2D eigenvalue weighted by atomic mass is 10.2. The molecule has 2 rings (SSSR count). The Bertz CT molecular complexity index is 685. The summed E-state index contributed by atoms with van der Waals surface area (Å²) in [5.74, 6) is -1.26. The lowest BCUT2D eigenvalue weighted by Gasteiger charge is -2.15. The molecule has 0 unspecified atom stereocenters. The Morgan fingerprint density at radius 3 is 2.57 bits per heavy atom. The zero-order chi connectivity index (χ0) is 16.8. The van der Waals surface area contributed by atoms with E-state index < -0.39 is 5.97 Å². The first-order chi connectivity index (χ1) is 11.0. The molecule has 0 aliphatic rings. The Kier molecular flexibility index (Phi) is 5.84. The zero-order valence-corrected chi connectivity index (χ0v) is 13.9. The fourth-order valence-electron chi connectivity index (χ4n) is 2.08. The molecule has 2 aromatic rings. The van der Waals surface area contributed by atoms with Crippen LogP contribution in [-0.4, -0.2) is 33.9 Å². The molecule has 122 valence electrons. The van der Waals surface area contributed by atoms with Gasteiger partial charge < -0.3 is 10.4 Å². The van der Waals surface area contributed by atoms with Gasteiger partial charge in [-0.3, -0.25) is 9.69 Å². The van der Waals surface area contributed by atoms with Crippen LogP contribution < -0.4 is 5.32 Å². The predicted octanol–water partition coefficient (Wildman–Crippen LogP) is 2.82. The minimum Gasteiger partial charge on any atom is -0.476 e. The van der Waals surface area contributed by atoms with Crippen molar-refractivity contribution in [2.75, 3.05) is 12.4 Å². The number of carboxylic acid groups (broad SMARTS) is 1. The minimum atomic E-state index is -1.08. The minimum absolute atomic E-state index is 0.00122. The fraction of sp³-hybridized carbons (Fsp3) is 0.312. The van der Waals surface area contributed by atoms with Crippen LogP contribution in [0.2, 0.25) is 0 Å². The number of rotatable bonds is 7. The van der Waals surface area contributed by atoms with Crippen LogP contribution in [0.4, 0.5) is 5.13 Å². The van der Waals surface area contributed by atoms with Gasteiger partial charge in [0.25, 0.3) is 0 Å². The summed E-state index contributed by atoms with van der Waals surface area (Å²) in [6, 6.07) is 9.94. The topological polar surface area (TPSA) is 82.5 Å². The zero-order valence-electron chi connectivity index (χ0n) is 13.1. The van der Waals surface area contributed by atoms with Gasteiger partial charge in [-0.1, -0.05) is 48.6 Å². The fourth-order valence-corrected chi connectivity index (χ4v) is 3.13. The van der Waals surface area contributed by atoms with Gasteiger partial charge in [-0.05, 0) is 12.6 Å². The van der Waals surface area contributed by atoms with Crippen molar-refractivity contribution in [3.8, 4) is 0 Å². The average molecular weight is 333 g/mol. The Morgan fingerprint density at radius 1 is 1.26 bits per heavy atom. The quantitative estimate of drug-likeness (QED) is 0.814. The number of aromatic nitrogens is 1. The van der Waals surface area contributed by atoms with Gasteiger partial charge in [0.05, 0.1) is 4.88 Å². The van der Waals surface area contributed by atoms with E-state index in [0.29, 0.717) is 29.5 Å². The van der Waals surface area contributed by atoms with E-state index >= 15 is 0 Å². The molecule has 0 aliphatic heterocycles. The van der Waals surface area contributed by atoms with E-state index in [1.807, 2.05) is 42.3 Å². The second kappa shape index (κ2) is 7.85. The lowest BCUT2D eigenvalue weighted by molar-refractivity contribution is -0.115. The Balaban J connectivity index is 2.11. The van der Waals surface area contributed by atoms with Crippen molar-refractivity contribution in [1.29, 1.82) is 0 Å². The molecule has 1 aromatic carbocycles. The van der Waals surface area contributed by atoms with Gasteiger partial charge in [-0.25, -0.2) is 9.78 Å². The maximum absolute atomic E-state index is 11.4. The maximum Gasteiger partial charge on any atom is 0.355 e. The van der Waals surface area contributed by atoms with Gasteiger partial charge in [-0.2, -0.15) is 0 Å². The van der Waals surface area contributed by atoms with Crippen molar-refractivity contribution >= 4 is 28.3 Å². The van der Waals surface area contributed by atoms with E-state index in [1.165, 1.54) is 11.3 Å². The number of thiazole rings is 1. The molecule has 0 aliphatic carbocycles. The Hall–Kier alpha value is -2.25. The molecule has 0 fully saturated rings. The molecular formula is C16H19N3O3S. The van der Waals surface area contributed by atoms with Gasteiger partial charge in [0, 0.05) is 19.5 Å². The van der Waals surface area contributed by atoms with Gasteiger partial charge in [0.2, 0.25) is 5.91 Å². The predicted molar refractivity (Wildman–Crippen MR) is 89.6 cm³/mol. The molecule has 1 amide bonds. The second-order valence-corrected chi connectivity index (χ2v) is 6.24. The summed E-state index contributed by atoms with van der Waals surface area (Å²) in [4.78, 5) is 29.4. The number of amides is 1. The van der Waals surface area contributed by atoms with Crippen LogP contribution >= 0.6 is 11.3 Å². The van der Waals surface area contributed by atoms with Gasteiger partial charge in [0.15, 0.2) is 10.8 Å². The lowest BCUT2D eigenvalue weighted by Crippen LogP contribution is -2.18. The van der Waals surface area contributed by atoms with Gasteiger partial charge in [-0.15, -0.1) is 0 Å². The molecule has 0 bridgehead atoms. The highest BCUT2D eigenvalue weighted by Crippen LogP contribution is 2.25.